The van der Waals surface area contributed by atoms with Gasteiger partial charge in [-0.1, -0.05) is 51.0 Å². The second kappa shape index (κ2) is 22.7. The van der Waals surface area contributed by atoms with E-state index >= 15 is 0 Å². The highest BCUT2D eigenvalue weighted by Gasteiger charge is 2.52. The van der Waals surface area contributed by atoms with Gasteiger partial charge in [0.1, 0.15) is 36.3 Å². The second-order valence-electron chi connectivity index (χ2n) is 16.2. The van der Waals surface area contributed by atoms with Crippen molar-refractivity contribution in [3.63, 3.8) is 0 Å². The minimum absolute atomic E-state index is 0.0246. The number of aliphatic hydroxyl groups is 4. The molecule has 15 nitrogen and oxygen atoms in total. The first kappa shape index (κ1) is 48.1. The molecule has 0 saturated carbocycles. The van der Waals surface area contributed by atoms with Crippen LogP contribution in [0.4, 0.5) is 0 Å². The van der Waals surface area contributed by atoms with E-state index in [9.17, 15) is 34.8 Å². The van der Waals surface area contributed by atoms with Gasteiger partial charge in [-0.05, 0) is 66.5 Å². The number of hydrogen-bond acceptors (Lipinski definition) is 15. The first-order chi connectivity index (χ1) is 26.4. The van der Waals surface area contributed by atoms with E-state index < -0.39 is 110 Å². The van der Waals surface area contributed by atoms with Crippen molar-refractivity contribution in [1.82, 2.24) is 4.90 Å². The number of methoxy groups -OCH3 is 1. The quantitative estimate of drug-likeness (QED) is 0.120. The van der Waals surface area contributed by atoms with Gasteiger partial charge in [0, 0.05) is 32.8 Å². The van der Waals surface area contributed by atoms with E-state index in [0.29, 0.717) is 12.8 Å². The van der Waals surface area contributed by atoms with Crippen LogP contribution in [0.25, 0.3) is 0 Å². The number of nitrogens with zero attached hydrogens (tertiary/aromatic N) is 1. The summed E-state index contributed by atoms with van der Waals surface area (Å²) >= 11 is 0. The molecule has 3 heterocycles. The monoisotopic (exact) mass is 799 g/mol. The lowest BCUT2D eigenvalue weighted by Crippen LogP contribution is -2.66. The average molecular weight is 800 g/mol. The number of carbonyl (C=O) groups is 3. The van der Waals surface area contributed by atoms with Gasteiger partial charge in [-0.25, -0.2) is 0 Å². The Morgan fingerprint density at radius 1 is 1.02 bits per heavy atom. The third kappa shape index (κ3) is 13.6. The highest BCUT2D eigenvalue weighted by Crippen LogP contribution is 2.37. The first-order valence-electron chi connectivity index (χ1n) is 20.2. The van der Waals surface area contributed by atoms with Crippen LogP contribution in [0, 0.1) is 11.8 Å². The Hall–Kier alpha value is -2.31. The summed E-state index contributed by atoms with van der Waals surface area (Å²) in [7, 11) is 4.87. The maximum atomic E-state index is 12.9. The van der Waals surface area contributed by atoms with E-state index in [4.69, 9.17) is 33.2 Å². The van der Waals surface area contributed by atoms with Crippen LogP contribution in [0.5, 0.6) is 0 Å². The molecule has 0 amide bonds. The summed E-state index contributed by atoms with van der Waals surface area (Å²) in [5.74, 6) is -2.08. The normalized spacial score (nSPS) is 41.8. The van der Waals surface area contributed by atoms with Gasteiger partial charge >= 0.3 is 11.9 Å². The standard InChI is InChI=1S/C41H69NO14/c1-10-11-13-18-31(46)54-39-27(5)52-33(23-41(39,6)49)55-36-26(4)53-40(35(48)34(36)42(7)8)56-37-28(19-20-43)21-24(2)29(44)17-15-12-14-16-25(3)51-32(47)22-30(45)38(37)50-9/h12,14-15,17,20,24-30,33-40,44-45,48-49H,10-11,13,16,18-19,21-23H2,1-9H3/b14-12-,17-15+/t24-,25+,26?,27?,28+,29+,30-,33?,34?,35?,36?,37+,38+,39?,40?,41?/m1/s1. The zero-order chi connectivity index (χ0) is 41.7. The van der Waals surface area contributed by atoms with Crippen molar-refractivity contribution in [3.05, 3.63) is 24.3 Å². The third-order valence-corrected chi connectivity index (χ3v) is 11.0. The van der Waals surface area contributed by atoms with E-state index in [-0.39, 0.29) is 31.6 Å². The number of likely N-dealkylation sites (N-methyl/N-ethyl adjacent to an activating group) is 1. The van der Waals surface area contributed by atoms with Crippen LogP contribution in [0.3, 0.4) is 0 Å². The number of hydrogen-bond donors (Lipinski definition) is 4. The molecule has 4 N–H and O–H groups in total. The summed E-state index contributed by atoms with van der Waals surface area (Å²) in [5, 5.41) is 45.8. The topological polar surface area (TPSA) is 200 Å². The largest absolute Gasteiger partial charge is 0.462 e. The van der Waals surface area contributed by atoms with Gasteiger partial charge in [-0.2, -0.15) is 0 Å². The Morgan fingerprint density at radius 3 is 2.36 bits per heavy atom. The van der Waals surface area contributed by atoms with Gasteiger partial charge in [0.15, 0.2) is 18.7 Å². The van der Waals surface area contributed by atoms with Crippen molar-refractivity contribution in [3.8, 4) is 0 Å². The molecule has 56 heavy (non-hydrogen) atoms. The number of ether oxygens (including phenoxy) is 7. The maximum Gasteiger partial charge on any atom is 0.308 e. The van der Waals surface area contributed by atoms with Gasteiger partial charge < -0.3 is 63.3 Å². The molecular weight excluding hydrogens is 730 g/mol. The molecule has 0 aromatic rings. The molecule has 0 aromatic heterocycles. The van der Waals surface area contributed by atoms with Crippen molar-refractivity contribution in [2.75, 3.05) is 21.2 Å². The van der Waals surface area contributed by atoms with Crippen molar-refractivity contribution >= 4 is 18.2 Å². The summed E-state index contributed by atoms with van der Waals surface area (Å²) in [6, 6.07) is -0.751. The molecule has 9 unspecified atom stereocenters. The van der Waals surface area contributed by atoms with Crippen molar-refractivity contribution in [2.24, 2.45) is 11.8 Å². The average Bonchev–Trinajstić information content (AvgIpc) is 3.10. The lowest BCUT2D eigenvalue weighted by molar-refractivity contribution is -0.344. The molecule has 322 valence electrons. The van der Waals surface area contributed by atoms with Gasteiger partial charge in [0.05, 0.1) is 43.0 Å². The maximum absolute atomic E-state index is 12.9. The molecule has 0 radical (unpaired) electrons. The number of allylic oxidation sites excluding steroid dienone is 2. The smallest absolute Gasteiger partial charge is 0.308 e. The molecule has 3 aliphatic rings. The number of cyclic esters (lactones) is 1. The molecule has 2 saturated heterocycles. The molecule has 0 spiro atoms. The summed E-state index contributed by atoms with van der Waals surface area (Å²) in [6.07, 6.45) is -1.26. The minimum atomic E-state index is -1.48. The van der Waals surface area contributed by atoms with Crippen LogP contribution in [0.2, 0.25) is 0 Å². The highest BCUT2D eigenvalue weighted by molar-refractivity contribution is 5.70. The van der Waals surface area contributed by atoms with Gasteiger partial charge in [-0.15, -0.1) is 0 Å². The molecule has 16 atom stereocenters. The fourth-order valence-corrected chi connectivity index (χ4v) is 7.97. The second-order valence-corrected chi connectivity index (χ2v) is 16.2. The fraction of sp³-hybridized carbons (Fsp3) is 0.829. The molecular formula is C41H69NO14. The molecule has 3 aliphatic heterocycles. The lowest BCUT2D eigenvalue weighted by Gasteiger charge is -2.50. The lowest BCUT2D eigenvalue weighted by atomic mass is 9.82. The van der Waals surface area contributed by atoms with Crippen LogP contribution in [-0.4, -0.2) is 150 Å². The minimum Gasteiger partial charge on any atom is -0.462 e. The number of aliphatic hydroxyl groups excluding tert-OH is 3. The number of unbranched alkanes of at least 4 members (excludes halogenated alkanes) is 2. The van der Waals surface area contributed by atoms with E-state index in [0.717, 1.165) is 19.1 Å². The van der Waals surface area contributed by atoms with Crippen molar-refractivity contribution < 1.29 is 68.0 Å². The number of rotatable bonds is 13. The summed E-state index contributed by atoms with van der Waals surface area (Å²) < 4.78 is 42.5. The van der Waals surface area contributed by atoms with E-state index in [2.05, 4.69) is 0 Å². The fourth-order valence-electron chi connectivity index (χ4n) is 7.97. The summed E-state index contributed by atoms with van der Waals surface area (Å²) in [4.78, 5) is 39.3. The summed E-state index contributed by atoms with van der Waals surface area (Å²) in [6.45, 7) is 10.6. The third-order valence-electron chi connectivity index (χ3n) is 11.0. The predicted octanol–water partition coefficient (Wildman–Crippen LogP) is 2.98. The van der Waals surface area contributed by atoms with Crippen LogP contribution in [0.15, 0.2) is 24.3 Å². The predicted molar refractivity (Wildman–Crippen MR) is 205 cm³/mol. The van der Waals surface area contributed by atoms with E-state index in [1.807, 2.05) is 19.9 Å². The van der Waals surface area contributed by atoms with Crippen LogP contribution in [-0.2, 0) is 47.5 Å². The Morgan fingerprint density at radius 2 is 1.73 bits per heavy atom. The van der Waals surface area contributed by atoms with Crippen LogP contribution in [0.1, 0.15) is 99.3 Å². The zero-order valence-corrected chi connectivity index (χ0v) is 34.7. The van der Waals surface area contributed by atoms with E-state index in [1.54, 1.807) is 64.9 Å². The molecule has 3 rings (SSSR count). The van der Waals surface area contributed by atoms with Crippen molar-refractivity contribution in [1.29, 1.82) is 0 Å². The van der Waals surface area contributed by atoms with Gasteiger partial charge in [0.2, 0.25) is 0 Å². The number of carbonyl (C=O) groups excluding carboxylic acids is 3. The Bertz CT molecular complexity index is 1280. The van der Waals surface area contributed by atoms with Gasteiger partial charge in [-0.3, -0.25) is 9.59 Å². The molecule has 2 fully saturated rings. The molecule has 0 aliphatic carbocycles. The first-order valence-corrected chi connectivity index (χ1v) is 20.2. The zero-order valence-electron chi connectivity index (χ0n) is 34.7. The van der Waals surface area contributed by atoms with Gasteiger partial charge in [0.25, 0.3) is 0 Å². The Labute approximate surface area is 332 Å². The Kier molecular flexibility index (Phi) is 19.5. The van der Waals surface area contributed by atoms with E-state index in [1.165, 1.54) is 7.11 Å². The van der Waals surface area contributed by atoms with Crippen LogP contribution < -0.4 is 0 Å². The highest BCUT2D eigenvalue weighted by atomic mass is 16.7. The molecule has 0 aromatic carbocycles. The molecule has 0 bridgehead atoms. The number of aldehydes is 1. The Balaban J connectivity index is 1.88. The van der Waals surface area contributed by atoms with Crippen LogP contribution >= 0.6 is 0 Å². The number of esters is 2. The van der Waals surface area contributed by atoms with Crippen molar-refractivity contribution in [2.45, 2.75) is 185 Å². The molecule has 15 heteroatoms. The summed E-state index contributed by atoms with van der Waals surface area (Å²) in [5.41, 5.74) is -1.48. The SMILES string of the molecule is CCCCCC(=O)OC1C(C)OC(OC2C(C)OC(O[C@H]3[C@@H](CC=O)C[C@@H](C)[C@@H](O)/C=C/C=C\C[C@H](C)OC(=O)C[C@@H](O)[C@@H]3OC)C(O)C2N(C)C)CC1(C)O.